The molecule has 2 N–H and O–H groups in total. The van der Waals surface area contributed by atoms with Gasteiger partial charge in [0.25, 0.3) is 0 Å². The van der Waals surface area contributed by atoms with Gasteiger partial charge in [0.1, 0.15) is 11.5 Å². The third kappa shape index (κ3) is 2.48. The van der Waals surface area contributed by atoms with Gasteiger partial charge in [-0.15, -0.1) is 0 Å². The standard InChI is InChI=1S/C16H18O2/c1-3-11-5-6-16(18)15(9-11)13-7-12(4-2)8-14(17)10-13/h5-10,17-18H,3-4H2,1-2H3. The highest BCUT2D eigenvalue weighted by Crippen LogP contribution is 2.33. The van der Waals surface area contributed by atoms with Gasteiger partial charge in [-0.25, -0.2) is 0 Å². The van der Waals surface area contributed by atoms with Gasteiger partial charge in [-0.2, -0.15) is 0 Å². The molecule has 0 aliphatic rings. The lowest BCUT2D eigenvalue weighted by molar-refractivity contribution is 0.473. The molecule has 0 aliphatic heterocycles. The van der Waals surface area contributed by atoms with E-state index < -0.39 is 0 Å². The van der Waals surface area contributed by atoms with Gasteiger partial charge in [-0.3, -0.25) is 0 Å². The van der Waals surface area contributed by atoms with Crippen LogP contribution in [0.3, 0.4) is 0 Å². The number of hydrogen-bond donors (Lipinski definition) is 2. The fraction of sp³-hybridized carbons (Fsp3) is 0.250. The van der Waals surface area contributed by atoms with Crippen LogP contribution in [0.15, 0.2) is 36.4 Å². The summed E-state index contributed by atoms with van der Waals surface area (Å²) in [5, 5.41) is 19.7. The van der Waals surface area contributed by atoms with Crippen LogP contribution in [0.1, 0.15) is 25.0 Å². The average Bonchev–Trinajstić information content (AvgIpc) is 2.38. The molecular weight excluding hydrogens is 224 g/mol. The molecule has 18 heavy (non-hydrogen) atoms. The lowest BCUT2D eigenvalue weighted by atomic mass is 9.98. The minimum Gasteiger partial charge on any atom is -0.508 e. The zero-order valence-electron chi connectivity index (χ0n) is 10.8. The van der Waals surface area contributed by atoms with E-state index in [2.05, 4.69) is 6.92 Å². The molecule has 0 saturated carbocycles. The predicted octanol–water partition coefficient (Wildman–Crippen LogP) is 3.89. The van der Waals surface area contributed by atoms with Gasteiger partial charge in [0, 0.05) is 5.56 Å². The number of benzene rings is 2. The normalized spacial score (nSPS) is 10.6. The quantitative estimate of drug-likeness (QED) is 0.857. The van der Waals surface area contributed by atoms with Crippen molar-refractivity contribution in [1.29, 1.82) is 0 Å². The molecule has 0 heterocycles. The largest absolute Gasteiger partial charge is 0.508 e. The summed E-state index contributed by atoms with van der Waals surface area (Å²) in [7, 11) is 0. The Labute approximate surface area is 108 Å². The minimum absolute atomic E-state index is 0.241. The molecule has 0 saturated heterocycles. The molecule has 2 heteroatoms. The SMILES string of the molecule is CCc1cc(O)cc(-c2cc(CC)ccc2O)c1. The number of aromatic hydroxyl groups is 2. The van der Waals surface area contributed by atoms with Crippen LogP contribution in [0, 0.1) is 0 Å². The smallest absolute Gasteiger partial charge is 0.123 e. The minimum atomic E-state index is 0.241. The Morgan fingerprint density at radius 3 is 2.22 bits per heavy atom. The van der Waals surface area contributed by atoms with Gasteiger partial charge in [0.2, 0.25) is 0 Å². The summed E-state index contributed by atoms with van der Waals surface area (Å²) in [5.41, 5.74) is 3.87. The summed E-state index contributed by atoms with van der Waals surface area (Å²) in [5.74, 6) is 0.491. The fourth-order valence-corrected chi connectivity index (χ4v) is 2.07. The molecule has 2 rings (SSSR count). The van der Waals surface area contributed by atoms with Crippen LogP contribution in [0.25, 0.3) is 11.1 Å². The summed E-state index contributed by atoms with van der Waals surface area (Å²) in [6.07, 6.45) is 1.78. The van der Waals surface area contributed by atoms with Crippen LogP contribution in [-0.2, 0) is 12.8 Å². The van der Waals surface area contributed by atoms with E-state index in [1.165, 1.54) is 5.56 Å². The number of aryl methyl sites for hydroxylation is 2. The van der Waals surface area contributed by atoms with Crippen LogP contribution < -0.4 is 0 Å². The van der Waals surface area contributed by atoms with E-state index in [4.69, 9.17) is 0 Å². The maximum atomic E-state index is 9.96. The highest BCUT2D eigenvalue weighted by Gasteiger charge is 2.07. The molecule has 0 aromatic heterocycles. The topological polar surface area (TPSA) is 40.5 Å². The van der Waals surface area contributed by atoms with Crippen molar-refractivity contribution in [2.24, 2.45) is 0 Å². The molecule has 0 aliphatic carbocycles. The molecule has 0 bridgehead atoms. The maximum absolute atomic E-state index is 9.96. The molecule has 0 unspecified atom stereocenters. The number of rotatable bonds is 3. The number of phenolic OH excluding ortho intramolecular Hbond substituents is 2. The third-order valence-corrected chi connectivity index (χ3v) is 3.17. The van der Waals surface area contributed by atoms with Crippen LogP contribution >= 0.6 is 0 Å². The number of phenols is 2. The highest BCUT2D eigenvalue weighted by molar-refractivity contribution is 5.72. The monoisotopic (exact) mass is 242 g/mol. The Morgan fingerprint density at radius 2 is 1.56 bits per heavy atom. The second-order valence-corrected chi connectivity index (χ2v) is 4.45. The molecule has 94 valence electrons. The van der Waals surface area contributed by atoms with E-state index in [-0.39, 0.29) is 11.5 Å². The van der Waals surface area contributed by atoms with E-state index in [1.807, 2.05) is 25.1 Å². The molecule has 2 aromatic rings. The maximum Gasteiger partial charge on any atom is 0.123 e. The van der Waals surface area contributed by atoms with Crippen molar-refractivity contribution in [3.05, 3.63) is 47.5 Å². The highest BCUT2D eigenvalue weighted by atomic mass is 16.3. The first-order chi connectivity index (χ1) is 8.63. The van der Waals surface area contributed by atoms with E-state index in [0.717, 1.165) is 29.5 Å². The first-order valence-electron chi connectivity index (χ1n) is 6.29. The van der Waals surface area contributed by atoms with Crippen LogP contribution in [-0.4, -0.2) is 10.2 Å². The molecule has 0 fully saturated rings. The predicted molar refractivity (Wildman–Crippen MR) is 74.0 cm³/mol. The van der Waals surface area contributed by atoms with Crippen molar-refractivity contribution in [2.45, 2.75) is 26.7 Å². The summed E-state index contributed by atoms with van der Waals surface area (Å²) in [6, 6.07) is 11.1. The summed E-state index contributed by atoms with van der Waals surface area (Å²) >= 11 is 0. The van der Waals surface area contributed by atoms with Crippen LogP contribution in [0.2, 0.25) is 0 Å². The van der Waals surface area contributed by atoms with Crippen molar-refractivity contribution in [2.75, 3.05) is 0 Å². The second kappa shape index (κ2) is 5.13. The van der Waals surface area contributed by atoms with Crippen molar-refractivity contribution in [3.63, 3.8) is 0 Å². The van der Waals surface area contributed by atoms with Gasteiger partial charge in [0.05, 0.1) is 0 Å². The van der Waals surface area contributed by atoms with Gasteiger partial charge < -0.3 is 10.2 Å². The van der Waals surface area contributed by atoms with Crippen molar-refractivity contribution in [1.82, 2.24) is 0 Å². The average molecular weight is 242 g/mol. The van der Waals surface area contributed by atoms with E-state index >= 15 is 0 Å². The molecule has 2 aromatic carbocycles. The van der Waals surface area contributed by atoms with Crippen LogP contribution in [0.5, 0.6) is 11.5 Å². The summed E-state index contributed by atoms with van der Waals surface area (Å²) < 4.78 is 0. The summed E-state index contributed by atoms with van der Waals surface area (Å²) in [4.78, 5) is 0. The number of hydrogen-bond acceptors (Lipinski definition) is 2. The Hall–Kier alpha value is -1.96. The second-order valence-electron chi connectivity index (χ2n) is 4.45. The summed E-state index contributed by atoms with van der Waals surface area (Å²) in [6.45, 7) is 4.12. The molecule has 0 spiro atoms. The van der Waals surface area contributed by atoms with Crippen molar-refractivity contribution in [3.8, 4) is 22.6 Å². The van der Waals surface area contributed by atoms with E-state index in [0.29, 0.717) is 0 Å². The zero-order valence-corrected chi connectivity index (χ0v) is 10.8. The fourth-order valence-electron chi connectivity index (χ4n) is 2.07. The van der Waals surface area contributed by atoms with Gasteiger partial charge in [0.15, 0.2) is 0 Å². The van der Waals surface area contributed by atoms with Gasteiger partial charge in [-0.1, -0.05) is 26.0 Å². The van der Waals surface area contributed by atoms with Crippen LogP contribution in [0.4, 0.5) is 0 Å². The zero-order chi connectivity index (χ0) is 13.1. The first kappa shape index (κ1) is 12.5. The third-order valence-electron chi connectivity index (χ3n) is 3.17. The van der Waals surface area contributed by atoms with E-state index in [9.17, 15) is 10.2 Å². The first-order valence-corrected chi connectivity index (χ1v) is 6.29. The molecule has 2 nitrogen and oxygen atoms in total. The van der Waals surface area contributed by atoms with Gasteiger partial charge in [-0.05, 0) is 53.8 Å². The van der Waals surface area contributed by atoms with Crippen molar-refractivity contribution < 1.29 is 10.2 Å². The Kier molecular flexibility index (Phi) is 3.56. The Bertz CT molecular complexity index is 559. The Balaban J connectivity index is 2.56. The molecular formula is C16H18O2. The van der Waals surface area contributed by atoms with Gasteiger partial charge >= 0.3 is 0 Å². The molecule has 0 amide bonds. The van der Waals surface area contributed by atoms with Crippen molar-refractivity contribution >= 4 is 0 Å². The lowest BCUT2D eigenvalue weighted by Crippen LogP contribution is -1.87. The Morgan fingerprint density at radius 1 is 0.833 bits per heavy atom. The molecule has 0 atom stereocenters. The molecule has 0 radical (unpaired) electrons. The lowest BCUT2D eigenvalue weighted by Gasteiger charge is -2.09. The van der Waals surface area contributed by atoms with E-state index in [1.54, 1.807) is 18.2 Å².